The van der Waals surface area contributed by atoms with E-state index in [0.717, 1.165) is 62.7 Å². The van der Waals surface area contributed by atoms with Crippen LogP contribution in [-0.2, 0) is 9.47 Å². The first-order chi connectivity index (χ1) is 18.9. The number of anilines is 1. The number of esters is 1. The standard InChI is InChI=1S/C32H42ClN3O4/c1-6-39-29(37)24-9-13-27(14-10-24)36-19-17-35(18-20-36)22-25-21-32(5,34-30(38)40-31(2,3)4)16-15-28(25)23-7-11-26(33)12-8-23/h7-14H,6,15-22H2,1-5H3,(H,34,38). The fourth-order valence-electron chi connectivity index (χ4n) is 5.51. The van der Waals surface area contributed by atoms with E-state index in [1.165, 1.54) is 16.7 Å². The van der Waals surface area contributed by atoms with Crippen molar-refractivity contribution in [3.05, 3.63) is 70.3 Å². The van der Waals surface area contributed by atoms with Crippen molar-refractivity contribution in [3.63, 3.8) is 0 Å². The Morgan fingerprint density at radius 1 is 1.00 bits per heavy atom. The van der Waals surface area contributed by atoms with E-state index in [1.807, 2.05) is 64.1 Å². The molecule has 2 aromatic carbocycles. The highest BCUT2D eigenvalue weighted by Gasteiger charge is 2.35. The summed E-state index contributed by atoms with van der Waals surface area (Å²) in [5.41, 5.74) is 4.65. The Morgan fingerprint density at radius 3 is 2.25 bits per heavy atom. The molecule has 0 spiro atoms. The van der Waals surface area contributed by atoms with Crippen LogP contribution in [0.15, 0.2) is 54.1 Å². The number of carbonyl (C=O) groups excluding carboxylic acids is 2. The Morgan fingerprint density at radius 2 is 1.65 bits per heavy atom. The third-order valence-electron chi connectivity index (χ3n) is 7.48. The number of allylic oxidation sites excluding steroid dienone is 1. The number of carbonyl (C=O) groups is 2. The SMILES string of the molecule is CCOC(=O)c1ccc(N2CCN(CC3=C(c4ccc(Cl)cc4)CCC(C)(NC(=O)OC(C)(C)C)C3)CC2)cc1. The maximum atomic E-state index is 12.7. The van der Waals surface area contributed by atoms with E-state index in [2.05, 4.69) is 34.2 Å². The number of hydrogen-bond donors (Lipinski definition) is 1. The van der Waals surface area contributed by atoms with Gasteiger partial charge in [0, 0.05) is 49.0 Å². The van der Waals surface area contributed by atoms with Crippen LogP contribution in [0.25, 0.3) is 5.57 Å². The Balaban J connectivity index is 1.45. The fourth-order valence-corrected chi connectivity index (χ4v) is 5.63. The fraction of sp³-hybridized carbons (Fsp3) is 0.500. The molecule has 0 saturated carbocycles. The molecule has 1 N–H and O–H groups in total. The normalized spacial score (nSPS) is 20.3. The van der Waals surface area contributed by atoms with Gasteiger partial charge in [0.1, 0.15) is 5.60 Å². The number of alkyl carbamates (subject to hydrolysis) is 1. The zero-order valence-electron chi connectivity index (χ0n) is 24.4. The van der Waals surface area contributed by atoms with E-state index in [-0.39, 0.29) is 17.6 Å². The molecule has 2 aromatic rings. The number of halogens is 1. The van der Waals surface area contributed by atoms with Crippen LogP contribution in [-0.4, -0.2) is 67.4 Å². The molecule has 2 aliphatic rings. The van der Waals surface area contributed by atoms with E-state index in [4.69, 9.17) is 21.1 Å². The summed E-state index contributed by atoms with van der Waals surface area (Å²) in [4.78, 5) is 29.5. The molecule has 1 aliphatic heterocycles. The van der Waals surface area contributed by atoms with Crippen molar-refractivity contribution in [3.8, 4) is 0 Å². The molecule has 216 valence electrons. The Kier molecular flexibility index (Phi) is 9.47. The molecular formula is C32H42ClN3O4. The zero-order chi connectivity index (χ0) is 28.9. The highest BCUT2D eigenvalue weighted by molar-refractivity contribution is 6.30. The van der Waals surface area contributed by atoms with Gasteiger partial charge < -0.3 is 19.7 Å². The summed E-state index contributed by atoms with van der Waals surface area (Å²) in [5.74, 6) is -0.288. The number of piperazine rings is 1. The monoisotopic (exact) mass is 567 g/mol. The molecule has 1 heterocycles. The van der Waals surface area contributed by atoms with Crippen LogP contribution in [0.4, 0.5) is 10.5 Å². The number of hydrogen-bond acceptors (Lipinski definition) is 6. The summed E-state index contributed by atoms with van der Waals surface area (Å²) in [6, 6.07) is 15.8. The van der Waals surface area contributed by atoms with Gasteiger partial charge in [-0.2, -0.15) is 0 Å². The molecule has 40 heavy (non-hydrogen) atoms. The number of ether oxygens (including phenoxy) is 2. The van der Waals surface area contributed by atoms with Gasteiger partial charge >= 0.3 is 12.1 Å². The van der Waals surface area contributed by atoms with Crippen molar-refractivity contribution in [1.29, 1.82) is 0 Å². The highest BCUT2D eigenvalue weighted by atomic mass is 35.5. The maximum Gasteiger partial charge on any atom is 0.408 e. The molecule has 1 unspecified atom stereocenters. The minimum Gasteiger partial charge on any atom is -0.462 e. The third kappa shape index (κ3) is 8.01. The summed E-state index contributed by atoms with van der Waals surface area (Å²) in [5, 5.41) is 3.90. The zero-order valence-corrected chi connectivity index (χ0v) is 25.1. The lowest BCUT2D eigenvalue weighted by Crippen LogP contribution is -2.51. The molecule has 4 rings (SSSR count). The predicted octanol–water partition coefficient (Wildman–Crippen LogP) is 6.56. The predicted molar refractivity (Wildman–Crippen MR) is 161 cm³/mol. The van der Waals surface area contributed by atoms with Crippen molar-refractivity contribution < 1.29 is 19.1 Å². The van der Waals surface area contributed by atoms with Gasteiger partial charge in [-0.1, -0.05) is 29.3 Å². The van der Waals surface area contributed by atoms with Gasteiger partial charge in [-0.05, 0) is 101 Å². The molecule has 1 fully saturated rings. The van der Waals surface area contributed by atoms with E-state index in [0.29, 0.717) is 12.2 Å². The first kappa shape index (κ1) is 29.9. The number of nitrogens with zero attached hydrogens (tertiary/aromatic N) is 2. The lowest BCUT2D eigenvalue weighted by atomic mass is 9.77. The molecule has 7 nitrogen and oxygen atoms in total. The van der Waals surface area contributed by atoms with Gasteiger partial charge in [0.2, 0.25) is 0 Å². The van der Waals surface area contributed by atoms with Gasteiger partial charge in [0.15, 0.2) is 0 Å². The number of amides is 1. The van der Waals surface area contributed by atoms with E-state index in [9.17, 15) is 9.59 Å². The molecule has 0 radical (unpaired) electrons. The quantitative estimate of drug-likeness (QED) is 0.382. The van der Waals surface area contributed by atoms with Crippen molar-refractivity contribution in [1.82, 2.24) is 10.2 Å². The topological polar surface area (TPSA) is 71.1 Å². The molecule has 1 saturated heterocycles. The van der Waals surface area contributed by atoms with Crippen molar-refractivity contribution in [2.24, 2.45) is 0 Å². The van der Waals surface area contributed by atoms with Crippen LogP contribution in [0.2, 0.25) is 5.02 Å². The number of nitrogens with one attached hydrogen (secondary N) is 1. The van der Waals surface area contributed by atoms with E-state index >= 15 is 0 Å². The lowest BCUT2D eigenvalue weighted by molar-refractivity contribution is 0.0453. The number of rotatable bonds is 7. The molecular weight excluding hydrogens is 526 g/mol. The van der Waals surface area contributed by atoms with Crippen molar-refractivity contribution >= 4 is 34.9 Å². The van der Waals surface area contributed by atoms with Crippen LogP contribution < -0.4 is 10.2 Å². The number of benzene rings is 2. The Bertz CT molecular complexity index is 1210. The molecule has 8 heteroatoms. The third-order valence-corrected chi connectivity index (χ3v) is 7.73. The first-order valence-electron chi connectivity index (χ1n) is 14.2. The minimum absolute atomic E-state index is 0.288. The smallest absolute Gasteiger partial charge is 0.408 e. The van der Waals surface area contributed by atoms with Crippen LogP contribution in [0.3, 0.4) is 0 Å². The summed E-state index contributed by atoms with van der Waals surface area (Å²) in [6.07, 6.45) is 2.10. The largest absolute Gasteiger partial charge is 0.462 e. The Labute approximate surface area is 243 Å². The molecule has 0 aromatic heterocycles. The van der Waals surface area contributed by atoms with E-state index < -0.39 is 5.60 Å². The van der Waals surface area contributed by atoms with Gasteiger partial charge in [-0.25, -0.2) is 9.59 Å². The molecule has 0 bridgehead atoms. The first-order valence-corrected chi connectivity index (χ1v) is 14.5. The molecule has 1 atom stereocenters. The van der Waals surface area contributed by atoms with Crippen LogP contribution in [0.1, 0.15) is 69.8 Å². The highest BCUT2D eigenvalue weighted by Crippen LogP contribution is 2.39. The lowest BCUT2D eigenvalue weighted by Gasteiger charge is -2.41. The van der Waals surface area contributed by atoms with Gasteiger partial charge in [-0.3, -0.25) is 4.90 Å². The average molecular weight is 568 g/mol. The van der Waals surface area contributed by atoms with E-state index in [1.54, 1.807) is 0 Å². The summed E-state index contributed by atoms with van der Waals surface area (Å²) < 4.78 is 10.7. The van der Waals surface area contributed by atoms with Crippen LogP contribution in [0.5, 0.6) is 0 Å². The minimum atomic E-state index is -0.541. The second kappa shape index (κ2) is 12.6. The van der Waals surface area contributed by atoms with Crippen molar-refractivity contribution in [2.75, 3.05) is 44.2 Å². The second-order valence-electron chi connectivity index (χ2n) is 12.0. The average Bonchev–Trinajstić information content (AvgIpc) is 2.89. The summed E-state index contributed by atoms with van der Waals surface area (Å²) in [7, 11) is 0. The van der Waals surface area contributed by atoms with Gasteiger partial charge in [0.05, 0.1) is 12.2 Å². The van der Waals surface area contributed by atoms with Crippen LogP contribution >= 0.6 is 11.6 Å². The molecule has 1 aliphatic carbocycles. The Hall–Kier alpha value is -3.03. The maximum absolute atomic E-state index is 12.7. The van der Waals surface area contributed by atoms with Gasteiger partial charge in [0.25, 0.3) is 0 Å². The summed E-state index contributed by atoms with van der Waals surface area (Å²) >= 11 is 6.19. The van der Waals surface area contributed by atoms with Crippen molar-refractivity contribution in [2.45, 2.75) is 65.0 Å². The molecule has 1 amide bonds. The second-order valence-corrected chi connectivity index (χ2v) is 12.4. The van der Waals surface area contributed by atoms with Crippen LogP contribution in [0, 0.1) is 0 Å². The van der Waals surface area contributed by atoms with Gasteiger partial charge in [-0.15, -0.1) is 0 Å². The summed E-state index contributed by atoms with van der Waals surface area (Å²) in [6.45, 7) is 14.4.